The van der Waals surface area contributed by atoms with Crippen molar-refractivity contribution in [2.75, 3.05) is 6.54 Å². The zero-order chi connectivity index (χ0) is 13.4. The van der Waals surface area contributed by atoms with Gasteiger partial charge >= 0.3 is 0 Å². The minimum absolute atomic E-state index is 0.103. The number of benzene rings is 1. The van der Waals surface area contributed by atoms with E-state index in [1.807, 2.05) is 32.0 Å². The Bertz CT molecular complexity index is 475. The van der Waals surface area contributed by atoms with E-state index in [4.69, 9.17) is 0 Å². The number of allylic oxidation sites excluding steroid dienone is 1. The number of nitrogens with zero attached hydrogens (tertiary/aromatic N) is 2. The minimum atomic E-state index is -0.103. The lowest BCUT2D eigenvalue weighted by Gasteiger charge is -2.04. The predicted octanol–water partition coefficient (Wildman–Crippen LogP) is 2.44. The first kappa shape index (κ1) is 13.8. The Kier molecular flexibility index (Phi) is 5.51. The number of carbonyl (C=O) groups excluding carboxylic acids is 1. The van der Waals surface area contributed by atoms with Gasteiger partial charge in [-0.2, -0.15) is 0 Å². The van der Waals surface area contributed by atoms with Crippen LogP contribution in [0.2, 0.25) is 0 Å². The summed E-state index contributed by atoms with van der Waals surface area (Å²) in [5, 5.41) is 2.80. The Labute approximate surface area is 107 Å². The molecule has 94 valence electrons. The molecule has 4 heteroatoms. The normalized spacial score (nSPS) is 12.1. The number of carbonyl (C=O) groups is 1. The lowest BCUT2D eigenvalue weighted by Crippen LogP contribution is -2.28. The molecule has 0 aliphatic rings. The molecule has 0 bridgehead atoms. The van der Waals surface area contributed by atoms with Gasteiger partial charge in [0.2, 0.25) is 0 Å². The van der Waals surface area contributed by atoms with E-state index in [-0.39, 0.29) is 5.91 Å². The summed E-state index contributed by atoms with van der Waals surface area (Å²) in [5.74, 6) is -0.103. The SMILES string of the molecule is C=N/C=C(/C)N=C(C)CNC(=O)c1ccccc1. The third-order valence-electron chi connectivity index (χ3n) is 2.19. The van der Waals surface area contributed by atoms with Crippen LogP contribution in [0.4, 0.5) is 0 Å². The van der Waals surface area contributed by atoms with Gasteiger partial charge in [0.05, 0.1) is 12.2 Å². The first-order chi connectivity index (χ1) is 8.63. The number of amides is 1. The Morgan fingerprint density at radius 3 is 2.61 bits per heavy atom. The Hall–Kier alpha value is -2.23. The largest absolute Gasteiger partial charge is 0.347 e. The van der Waals surface area contributed by atoms with Gasteiger partial charge < -0.3 is 5.32 Å². The van der Waals surface area contributed by atoms with Gasteiger partial charge in [-0.05, 0) is 32.7 Å². The first-order valence-electron chi connectivity index (χ1n) is 5.63. The van der Waals surface area contributed by atoms with Crippen molar-refractivity contribution < 1.29 is 4.79 Å². The molecule has 0 unspecified atom stereocenters. The van der Waals surface area contributed by atoms with Gasteiger partial charge in [-0.3, -0.25) is 14.8 Å². The summed E-state index contributed by atoms with van der Waals surface area (Å²) in [6.07, 6.45) is 1.57. The zero-order valence-electron chi connectivity index (χ0n) is 10.7. The fourth-order valence-corrected chi connectivity index (χ4v) is 1.40. The predicted molar refractivity (Wildman–Crippen MR) is 75.2 cm³/mol. The quantitative estimate of drug-likeness (QED) is 0.793. The summed E-state index contributed by atoms with van der Waals surface area (Å²) >= 11 is 0. The zero-order valence-corrected chi connectivity index (χ0v) is 10.7. The molecule has 0 spiro atoms. The Morgan fingerprint density at radius 2 is 2.00 bits per heavy atom. The molecule has 4 nitrogen and oxygen atoms in total. The maximum atomic E-state index is 11.8. The van der Waals surface area contributed by atoms with E-state index in [1.54, 1.807) is 18.3 Å². The highest BCUT2D eigenvalue weighted by Gasteiger charge is 2.03. The smallest absolute Gasteiger partial charge is 0.251 e. The van der Waals surface area contributed by atoms with Crippen LogP contribution in [-0.2, 0) is 0 Å². The monoisotopic (exact) mass is 243 g/mol. The van der Waals surface area contributed by atoms with Gasteiger partial charge in [-0.15, -0.1) is 0 Å². The van der Waals surface area contributed by atoms with Gasteiger partial charge in [0.15, 0.2) is 0 Å². The van der Waals surface area contributed by atoms with E-state index < -0.39 is 0 Å². The summed E-state index contributed by atoms with van der Waals surface area (Å²) in [7, 11) is 0. The second-order valence-corrected chi connectivity index (χ2v) is 3.85. The number of hydrogen-bond acceptors (Lipinski definition) is 3. The average molecular weight is 243 g/mol. The van der Waals surface area contributed by atoms with E-state index in [0.29, 0.717) is 12.1 Å². The third kappa shape index (κ3) is 4.74. The molecule has 0 aliphatic heterocycles. The van der Waals surface area contributed by atoms with Gasteiger partial charge in [0.1, 0.15) is 0 Å². The van der Waals surface area contributed by atoms with Crippen molar-refractivity contribution in [2.24, 2.45) is 9.98 Å². The van der Waals surface area contributed by atoms with Crippen molar-refractivity contribution >= 4 is 18.3 Å². The fraction of sp³-hybridized carbons (Fsp3) is 0.214. The van der Waals surface area contributed by atoms with Crippen molar-refractivity contribution in [3.05, 3.63) is 47.8 Å². The highest BCUT2D eigenvalue weighted by atomic mass is 16.1. The van der Waals surface area contributed by atoms with Crippen molar-refractivity contribution in [3.63, 3.8) is 0 Å². The van der Waals surface area contributed by atoms with E-state index in [9.17, 15) is 4.79 Å². The maximum Gasteiger partial charge on any atom is 0.251 e. The number of aliphatic imine (C=N–C) groups is 2. The van der Waals surface area contributed by atoms with Crippen LogP contribution in [0.5, 0.6) is 0 Å². The van der Waals surface area contributed by atoms with Crippen molar-refractivity contribution in [1.29, 1.82) is 0 Å². The number of hydrogen-bond donors (Lipinski definition) is 1. The molecular formula is C14H17N3O. The van der Waals surface area contributed by atoms with Gasteiger partial charge in [-0.25, -0.2) is 0 Å². The highest BCUT2D eigenvalue weighted by Crippen LogP contribution is 1.98. The highest BCUT2D eigenvalue weighted by molar-refractivity contribution is 5.97. The molecule has 0 radical (unpaired) electrons. The van der Waals surface area contributed by atoms with E-state index in [2.05, 4.69) is 22.0 Å². The second-order valence-electron chi connectivity index (χ2n) is 3.85. The molecule has 0 heterocycles. The van der Waals surface area contributed by atoms with Crippen LogP contribution in [0.25, 0.3) is 0 Å². The van der Waals surface area contributed by atoms with Crippen LogP contribution < -0.4 is 5.32 Å². The fourth-order valence-electron chi connectivity index (χ4n) is 1.40. The molecule has 0 saturated carbocycles. The standard InChI is InChI=1S/C14H17N3O/c1-11(9-15-3)17-12(2)10-16-14(18)13-7-5-4-6-8-13/h4-9H,3,10H2,1-2H3,(H,16,18)/b11-9-,17-12?. The van der Waals surface area contributed by atoms with Crippen molar-refractivity contribution in [1.82, 2.24) is 5.32 Å². The minimum Gasteiger partial charge on any atom is -0.347 e. The second kappa shape index (κ2) is 7.17. The topological polar surface area (TPSA) is 53.8 Å². The third-order valence-corrected chi connectivity index (χ3v) is 2.19. The summed E-state index contributed by atoms with van der Waals surface area (Å²) in [6.45, 7) is 7.45. The van der Waals surface area contributed by atoms with Crippen LogP contribution in [0.1, 0.15) is 24.2 Å². The molecule has 0 atom stereocenters. The lowest BCUT2D eigenvalue weighted by molar-refractivity contribution is 0.0959. The van der Waals surface area contributed by atoms with Crippen molar-refractivity contribution in [3.8, 4) is 0 Å². The molecule has 0 fully saturated rings. The molecule has 1 amide bonds. The van der Waals surface area contributed by atoms with Crippen LogP contribution in [0.15, 0.2) is 52.2 Å². The lowest BCUT2D eigenvalue weighted by atomic mass is 10.2. The van der Waals surface area contributed by atoms with Crippen molar-refractivity contribution in [2.45, 2.75) is 13.8 Å². The summed E-state index contributed by atoms with van der Waals surface area (Å²) in [6, 6.07) is 9.08. The Balaban J connectivity index is 2.53. The van der Waals surface area contributed by atoms with Crippen LogP contribution >= 0.6 is 0 Å². The Morgan fingerprint density at radius 1 is 1.33 bits per heavy atom. The molecule has 18 heavy (non-hydrogen) atoms. The number of rotatable bonds is 5. The average Bonchev–Trinajstić information content (AvgIpc) is 2.37. The van der Waals surface area contributed by atoms with Gasteiger partial charge in [0, 0.05) is 17.5 Å². The molecule has 0 saturated heterocycles. The molecule has 1 rings (SSSR count). The van der Waals surface area contributed by atoms with Gasteiger partial charge in [0.25, 0.3) is 5.91 Å². The first-order valence-corrected chi connectivity index (χ1v) is 5.63. The molecule has 1 aromatic carbocycles. The molecule has 0 aromatic heterocycles. The maximum absolute atomic E-state index is 11.8. The van der Waals surface area contributed by atoms with Crippen LogP contribution in [0, 0.1) is 0 Å². The van der Waals surface area contributed by atoms with Crippen LogP contribution in [-0.4, -0.2) is 24.9 Å². The van der Waals surface area contributed by atoms with Gasteiger partial charge in [-0.1, -0.05) is 18.2 Å². The molecule has 1 aromatic rings. The van der Waals surface area contributed by atoms with E-state index in [1.165, 1.54) is 0 Å². The summed E-state index contributed by atoms with van der Waals surface area (Å²) < 4.78 is 0. The van der Waals surface area contributed by atoms with E-state index in [0.717, 1.165) is 11.4 Å². The summed E-state index contributed by atoms with van der Waals surface area (Å²) in [4.78, 5) is 19.6. The molecular weight excluding hydrogens is 226 g/mol. The molecule has 1 N–H and O–H groups in total. The molecule has 0 aliphatic carbocycles. The number of nitrogens with one attached hydrogen (secondary N) is 1. The van der Waals surface area contributed by atoms with E-state index >= 15 is 0 Å². The summed E-state index contributed by atoms with van der Waals surface area (Å²) in [5.41, 5.74) is 2.22. The van der Waals surface area contributed by atoms with Crippen LogP contribution in [0.3, 0.4) is 0 Å².